The van der Waals surface area contributed by atoms with E-state index in [2.05, 4.69) is 14.9 Å². The van der Waals surface area contributed by atoms with Crippen LogP contribution >= 0.6 is 0 Å². The summed E-state index contributed by atoms with van der Waals surface area (Å²) in [5, 5.41) is 3.03. The molecule has 3 heterocycles. The van der Waals surface area contributed by atoms with Gasteiger partial charge in [-0.05, 0) is 42.9 Å². The van der Waals surface area contributed by atoms with Gasteiger partial charge in [-0.15, -0.1) is 0 Å². The number of hydrogen-bond donors (Lipinski definition) is 1. The summed E-state index contributed by atoms with van der Waals surface area (Å²) in [6, 6.07) is 7.90. The van der Waals surface area contributed by atoms with E-state index in [0.717, 1.165) is 56.7 Å². The van der Waals surface area contributed by atoms with Crippen LogP contribution in [0.15, 0.2) is 43.0 Å². The van der Waals surface area contributed by atoms with E-state index in [1.54, 1.807) is 6.20 Å². The number of anilines is 1. The van der Waals surface area contributed by atoms with E-state index < -0.39 is 0 Å². The molecule has 0 bridgehead atoms. The third-order valence-corrected chi connectivity index (χ3v) is 5.60. The van der Waals surface area contributed by atoms with Gasteiger partial charge < -0.3 is 19.7 Å². The molecule has 0 saturated carbocycles. The summed E-state index contributed by atoms with van der Waals surface area (Å²) in [5.74, 6) is 0.655. The lowest BCUT2D eigenvalue weighted by Gasteiger charge is -2.33. The maximum absolute atomic E-state index is 12.6. The number of urea groups is 1. The van der Waals surface area contributed by atoms with Crippen molar-refractivity contribution in [2.24, 2.45) is 5.92 Å². The molecule has 0 aliphatic carbocycles. The Morgan fingerprint density at radius 1 is 1.18 bits per heavy atom. The number of likely N-dealkylation sites (tertiary alicyclic amines) is 1. The van der Waals surface area contributed by atoms with Crippen LogP contribution in [-0.4, -0.2) is 46.0 Å². The molecule has 2 aromatic rings. The first-order valence-electron chi connectivity index (χ1n) is 10.1. The second kappa shape index (κ2) is 8.46. The Hall–Kier alpha value is -2.83. The third kappa shape index (κ3) is 4.35. The zero-order valence-electron chi connectivity index (χ0n) is 16.1. The average molecular weight is 381 g/mol. The summed E-state index contributed by atoms with van der Waals surface area (Å²) in [4.78, 5) is 32.3. The van der Waals surface area contributed by atoms with Crippen molar-refractivity contribution in [1.82, 2.24) is 19.8 Å². The second-order valence-electron chi connectivity index (χ2n) is 7.69. The van der Waals surface area contributed by atoms with Crippen molar-refractivity contribution in [3.05, 3.63) is 48.5 Å². The second-order valence-corrected chi connectivity index (χ2v) is 7.69. The number of amides is 3. The van der Waals surface area contributed by atoms with E-state index in [-0.39, 0.29) is 11.9 Å². The minimum absolute atomic E-state index is 0.00544. The molecule has 3 amide bonds. The van der Waals surface area contributed by atoms with Crippen molar-refractivity contribution < 1.29 is 9.59 Å². The summed E-state index contributed by atoms with van der Waals surface area (Å²) >= 11 is 0. The summed E-state index contributed by atoms with van der Waals surface area (Å²) in [6.45, 7) is 3.78. The van der Waals surface area contributed by atoms with Crippen LogP contribution in [0.4, 0.5) is 10.5 Å². The molecule has 0 unspecified atom stereocenters. The van der Waals surface area contributed by atoms with E-state index in [1.165, 1.54) is 0 Å². The van der Waals surface area contributed by atoms with Gasteiger partial charge >= 0.3 is 6.03 Å². The lowest BCUT2D eigenvalue weighted by Crippen LogP contribution is -2.46. The van der Waals surface area contributed by atoms with Gasteiger partial charge in [0.15, 0.2) is 0 Å². The zero-order chi connectivity index (χ0) is 19.3. The predicted molar refractivity (Wildman–Crippen MR) is 107 cm³/mol. The van der Waals surface area contributed by atoms with Crippen LogP contribution in [-0.2, 0) is 17.9 Å². The molecule has 1 aromatic carbocycles. The highest BCUT2D eigenvalue weighted by molar-refractivity contribution is 5.95. The van der Waals surface area contributed by atoms with E-state index in [9.17, 15) is 9.59 Å². The largest absolute Gasteiger partial charge is 0.337 e. The minimum atomic E-state index is -0.00544. The minimum Gasteiger partial charge on any atom is -0.337 e. The molecule has 7 heteroatoms. The highest BCUT2D eigenvalue weighted by Crippen LogP contribution is 2.22. The molecule has 2 fully saturated rings. The molecular formula is C21H27N5O2. The molecule has 1 atom stereocenters. The standard InChI is InChI=1S/C21H27N5O2/c27-20-4-2-11-26(20)19-7-5-17(6-8-19)13-23-21(28)25-10-1-3-18(15-25)14-24-12-9-22-16-24/h5-9,12,16,18H,1-4,10-11,13-15H2,(H,23,28)/t18-/m1/s1. The van der Waals surface area contributed by atoms with Gasteiger partial charge in [0.2, 0.25) is 5.91 Å². The molecule has 7 nitrogen and oxygen atoms in total. The van der Waals surface area contributed by atoms with E-state index >= 15 is 0 Å². The van der Waals surface area contributed by atoms with Crippen LogP contribution < -0.4 is 10.2 Å². The number of piperidine rings is 1. The Kier molecular flexibility index (Phi) is 5.60. The normalized spacial score (nSPS) is 19.9. The Bertz CT molecular complexity index is 803. The summed E-state index contributed by atoms with van der Waals surface area (Å²) in [6.07, 6.45) is 9.32. The first-order chi connectivity index (χ1) is 13.7. The SMILES string of the molecule is O=C(NCc1ccc(N2CCCC2=O)cc1)N1CCC[C@H](Cn2ccnc2)C1. The molecule has 148 valence electrons. The highest BCUT2D eigenvalue weighted by Gasteiger charge is 2.24. The number of imidazole rings is 1. The fourth-order valence-electron chi connectivity index (χ4n) is 4.10. The van der Waals surface area contributed by atoms with Gasteiger partial charge in [0, 0.05) is 57.2 Å². The number of hydrogen-bond acceptors (Lipinski definition) is 3. The van der Waals surface area contributed by atoms with E-state index in [0.29, 0.717) is 18.9 Å². The molecule has 28 heavy (non-hydrogen) atoms. The Labute approximate surface area is 165 Å². The number of nitrogens with one attached hydrogen (secondary N) is 1. The molecule has 1 aromatic heterocycles. The number of carbonyl (C=O) groups excluding carboxylic acids is 2. The van der Waals surface area contributed by atoms with Gasteiger partial charge in [-0.2, -0.15) is 0 Å². The van der Waals surface area contributed by atoms with Gasteiger partial charge in [-0.25, -0.2) is 9.78 Å². The van der Waals surface area contributed by atoms with Gasteiger partial charge in [0.1, 0.15) is 0 Å². The topological polar surface area (TPSA) is 70.5 Å². The average Bonchev–Trinajstić information content (AvgIpc) is 3.38. The van der Waals surface area contributed by atoms with Crippen LogP contribution in [0.2, 0.25) is 0 Å². The van der Waals surface area contributed by atoms with Gasteiger partial charge in [-0.3, -0.25) is 4.79 Å². The molecule has 1 N–H and O–H groups in total. The van der Waals surface area contributed by atoms with Crippen molar-refractivity contribution in [1.29, 1.82) is 0 Å². The summed E-state index contributed by atoms with van der Waals surface area (Å²) < 4.78 is 2.08. The number of carbonyl (C=O) groups is 2. The Balaban J connectivity index is 1.27. The summed E-state index contributed by atoms with van der Waals surface area (Å²) in [7, 11) is 0. The van der Waals surface area contributed by atoms with Crippen molar-refractivity contribution in [2.45, 2.75) is 38.8 Å². The first kappa shape index (κ1) is 18.5. The number of nitrogens with zero attached hydrogens (tertiary/aromatic N) is 4. The van der Waals surface area contributed by atoms with Gasteiger partial charge in [0.05, 0.1) is 6.33 Å². The maximum Gasteiger partial charge on any atom is 0.317 e. The maximum atomic E-state index is 12.6. The fraction of sp³-hybridized carbons (Fsp3) is 0.476. The van der Waals surface area contributed by atoms with Crippen LogP contribution in [0.5, 0.6) is 0 Å². The molecule has 4 rings (SSSR count). The van der Waals surface area contributed by atoms with Crippen molar-refractivity contribution in [2.75, 3.05) is 24.5 Å². The number of rotatable bonds is 5. The molecule has 0 radical (unpaired) electrons. The van der Waals surface area contributed by atoms with Crippen molar-refractivity contribution in [3.63, 3.8) is 0 Å². The van der Waals surface area contributed by atoms with E-state index in [1.807, 2.05) is 46.6 Å². The Morgan fingerprint density at radius 3 is 2.75 bits per heavy atom. The Morgan fingerprint density at radius 2 is 2.04 bits per heavy atom. The molecular weight excluding hydrogens is 354 g/mol. The lowest BCUT2D eigenvalue weighted by molar-refractivity contribution is -0.117. The van der Waals surface area contributed by atoms with Gasteiger partial charge in [0.25, 0.3) is 0 Å². The predicted octanol–water partition coefficient (Wildman–Crippen LogP) is 2.63. The van der Waals surface area contributed by atoms with Crippen LogP contribution in [0.1, 0.15) is 31.2 Å². The van der Waals surface area contributed by atoms with Crippen LogP contribution in [0, 0.1) is 5.92 Å². The highest BCUT2D eigenvalue weighted by atomic mass is 16.2. The quantitative estimate of drug-likeness (QED) is 0.866. The number of benzene rings is 1. The number of aromatic nitrogens is 2. The monoisotopic (exact) mass is 381 g/mol. The van der Waals surface area contributed by atoms with Gasteiger partial charge in [-0.1, -0.05) is 12.1 Å². The summed E-state index contributed by atoms with van der Waals surface area (Å²) in [5.41, 5.74) is 1.98. The fourth-order valence-corrected chi connectivity index (χ4v) is 4.10. The van der Waals surface area contributed by atoms with Crippen molar-refractivity contribution in [3.8, 4) is 0 Å². The van der Waals surface area contributed by atoms with Crippen LogP contribution in [0.3, 0.4) is 0 Å². The molecule has 2 saturated heterocycles. The smallest absolute Gasteiger partial charge is 0.317 e. The van der Waals surface area contributed by atoms with Crippen molar-refractivity contribution >= 4 is 17.6 Å². The first-order valence-corrected chi connectivity index (χ1v) is 10.1. The zero-order valence-corrected chi connectivity index (χ0v) is 16.1. The van der Waals surface area contributed by atoms with E-state index in [4.69, 9.17) is 0 Å². The molecule has 2 aliphatic rings. The third-order valence-electron chi connectivity index (χ3n) is 5.60. The molecule has 2 aliphatic heterocycles. The lowest BCUT2D eigenvalue weighted by atomic mass is 9.98. The molecule has 0 spiro atoms. The van der Waals surface area contributed by atoms with Crippen LogP contribution in [0.25, 0.3) is 0 Å².